The van der Waals surface area contributed by atoms with Crippen molar-refractivity contribution >= 4 is 50.2 Å². The molecule has 0 aromatic heterocycles. The molecule has 3 aliphatic carbocycles. The first-order valence-electron chi connectivity index (χ1n) is 24.5. The first-order valence-corrected chi connectivity index (χ1v) is 25.3. The van der Waals surface area contributed by atoms with Gasteiger partial charge in [-0.3, -0.25) is 0 Å². The predicted octanol–water partition coefficient (Wildman–Crippen LogP) is 16.2. The van der Waals surface area contributed by atoms with Crippen LogP contribution in [0.1, 0.15) is 86.8 Å². The van der Waals surface area contributed by atoms with Crippen LogP contribution < -0.4 is 14.2 Å². The van der Waals surface area contributed by atoms with E-state index in [4.69, 9.17) is 18.9 Å². The number of rotatable bonds is 6. The van der Waals surface area contributed by atoms with Gasteiger partial charge in [0.15, 0.2) is 5.60 Å². The number of fused-ring (bicyclic) bond motifs is 13. The molecular weight excluding hydrogens is 865 g/mol. The molecule has 8 aromatic carbocycles. The average Bonchev–Trinajstić information content (AvgIpc) is 3.87. The fourth-order valence-electron chi connectivity index (χ4n) is 13.9. The largest absolute Gasteiger partial charge is 0.497 e. The number of hydrogen-bond acceptors (Lipinski definition) is 5. The summed E-state index contributed by atoms with van der Waals surface area (Å²) in [6.45, 7) is 9.95. The highest BCUT2D eigenvalue weighted by Gasteiger charge is 2.56. The van der Waals surface area contributed by atoms with E-state index >= 15 is 0 Å². The van der Waals surface area contributed by atoms with E-state index in [1.54, 1.807) is 14.2 Å². The van der Waals surface area contributed by atoms with Gasteiger partial charge in [-0.2, -0.15) is 0 Å². The third-order valence-electron chi connectivity index (χ3n) is 15.9. The second kappa shape index (κ2) is 15.2. The van der Waals surface area contributed by atoms with Gasteiger partial charge >= 0.3 is 0 Å². The monoisotopic (exact) mass is 920 g/mol. The molecule has 2 aliphatic heterocycles. The summed E-state index contributed by atoms with van der Waals surface area (Å²) < 4.78 is 27.3. The Hall–Kier alpha value is -6.53. The molecule has 8 aromatic rings. The summed E-state index contributed by atoms with van der Waals surface area (Å²) in [5.74, 6) is 2.55. The van der Waals surface area contributed by atoms with E-state index in [1.165, 1.54) is 54.7 Å². The van der Waals surface area contributed by atoms with Crippen LogP contribution in [-0.2, 0) is 20.7 Å². The van der Waals surface area contributed by atoms with E-state index in [0.717, 1.165) is 75.5 Å². The van der Waals surface area contributed by atoms with Crippen LogP contribution in [0.5, 0.6) is 17.2 Å². The summed E-state index contributed by atoms with van der Waals surface area (Å²) >= 11 is 1.83. The van der Waals surface area contributed by atoms with Crippen LogP contribution in [0.25, 0.3) is 49.5 Å². The maximum atomic E-state index is 8.01. The van der Waals surface area contributed by atoms with Crippen molar-refractivity contribution < 1.29 is 18.9 Å². The van der Waals surface area contributed by atoms with E-state index in [-0.39, 0.29) is 22.3 Å². The SMILES string of the molecule is COc1ccc(C2(C3=CCC(OC)C=C3)C=Cc3c4c(c5cc6c(cc5c3O2)OC(c2cccc3ccccc23)(c2cccc3ccccc23)S6)-c2ccccc2C42CC(C)(C)CC(C)(C)C2)cc1. The van der Waals surface area contributed by atoms with E-state index in [0.29, 0.717) is 0 Å². The molecule has 5 aliphatic rings. The molecule has 342 valence electrons. The highest BCUT2D eigenvalue weighted by atomic mass is 32.2. The van der Waals surface area contributed by atoms with Crippen molar-refractivity contribution in [3.05, 3.63) is 209 Å². The fourth-order valence-corrected chi connectivity index (χ4v) is 15.3. The molecule has 13 rings (SSSR count). The molecule has 0 amide bonds. The van der Waals surface area contributed by atoms with Gasteiger partial charge < -0.3 is 18.9 Å². The molecule has 69 heavy (non-hydrogen) atoms. The lowest BCUT2D eigenvalue weighted by Crippen LogP contribution is -2.44. The minimum Gasteiger partial charge on any atom is -0.497 e. The molecule has 1 fully saturated rings. The minimum absolute atomic E-state index is 0.00275. The van der Waals surface area contributed by atoms with Gasteiger partial charge in [-0.15, -0.1) is 0 Å². The van der Waals surface area contributed by atoms with Crippen molar-refractivity contribution in [1.29, 1.82) is 0 Å². The maximum absolute atomic E-state index is 8.01. The van der Waals surface area contributed by atoms with Crippen LogP contribution in [0.3, 0.4) is 0 Å². The zero-order chi connectivity index (χ0) is 46.9. The van der Waals surface area contributed by atoms with E-state index < -0.39 is 10.5 Å². The summed E-state index contributed by atoms with van der Waals surface area (Å²) in [5, 5.41) is 6.97. The molecule has 0 saturated heterocycles. The number of methoxy groups -OCH3 is 2. The zero-order valence-corrected chi connectivity index (χ0v) is 41.0. The lowest BCUT2D eigenvalue weighted by atomic mass is 9.52. The lowest BCUT2D eigenvalue weighted by Gasteiger charge is -2.52. The molecule has 4 nitrogen and oxygen atoms in total. The smallest absolute Gasteiger partial charge is 0.211 e. The highest BCUT2D eigenvalue weighted by Crippen LogP contribution is 2.68. The number of hydrogen-bond donors (Lipinski definition) is 0. The topological polar surface area (TPSA) is 36.9 Å². The van der Waals surface area contributed by atoms with Crippen molar-refractivity contribution in [2.24, 2.45) is 10.8 Å². The standard InChI is InChI=1S/C64H56O4S/c1-60(2)37-61(3,4)39-62(38-60)52-22-12-11-21-48(52)57-50-36-56-55(67-64(69-56,53-23-13-17-40-15-7-9-19-46(40)53)54-24-14-18-41-16-8-10-20-47(41)54)35-51(50)59-49(58(57)62)33-34-63(68-59,42-25-29-44(65-5)30-26-42)43-27-31-45(66-6)32-28-43/h7-31,33-36,45H,32,37-39H2,1-6H3. The van der Waals surface area contributed by atoms with Gasteiger partial charge in [0.05, 0.1) is 18.1 Å². The molecule has 2 heterocycles. The van der Waals surface area contributed by atoms with Crippen LogP contribution in [0, 0.1) is 10.8 Å². The van der Waals surface area contributed by atoms with Crippen LogP contribution in [0.2, 0.25) is 0 Å². The lowest BCUT2D eigenvalue weighted by molar-refractivity contribution is 0.0641. The second-order valence-corrected chi connectivity index (χ2v) is 22.8. The third kappa shape index (κ3) is 6.32. The first kappa shape index (κ1) is 42.6. The molecule has 0 bridgehead atoms. The predicted molar refractivity (Wildman–Crippen MR) is 284 cm³/mol. The van der Waals surface area contributed by atoms with Crippen molar-refractivity contribution in [2.75, 3.05) is 14.2 Å². The molecule has 5 heteroatoms. The average molecular weight is 921 g/mol. The Morgan fingerprint density at radius 2 is 1.25 bits per heavy atom. The van der Waals surface area contributed by atoms with Crippen molar-refractivity contribution in [3.8, 4) is 28.4 Å². The van der Waals surface area contributed by atoms with Crippen molar-refractivity contribution in [2.45, 2.75) is 80.3 Å². The van der Waals surface area contributed by atoms with Crippen LogP contribution >= 0.6 is 11.8 Å². The maximum Gasteiger partial charge on any atom is 0.211 e. The Morgan fingerprint density at radius 3 is 1.90 bits per heavy atom. The van der Waals surface area contributed by atoms with E-state index in [9.17, 15) is 0 Å². The molecule has 2 unspecified atom stereocenters. The van der Waals surface area contributed by atoms with Crippen LogP contribution in [0.4, 0.5) is 0 Å². The fraction of sp³-hybridized carbons (Fsp3) is 0.250. The Morgan fingerprint density at radius 1 is 0.609 bits per heavy atom. The molecule has 1 spiro atoms. The normalized spacial score (nSPS) is 21.8. The second-order valence-electron chi connectivity index (χ2n) is 21.6. The number of ether oxygens (including phenoxy) is 4. The summed E-state index contributed by atoms with van der Waals surface area (Å²) in [5.41, 5.74) is 10.0. The van der Waals surface area contributed by atoms with Crippen molar-refractivity contribution in [3.63, 3.8) is 0 Å². The summed E-state index contributed by atoms with van der Waals surface area (Å²) in [6, 6.07) is 53.3. The Balaban J connectivity index is 1.12. The summed E-state index contributed by atoms with van der Waals surface area (Å²) in [7, 11) is 3.50. The molecule has 0 N–H and O–H groups in total. The van der Waals surface area contributed by atoms with Gasteiger partial charge in [0.2, 0.25) is 4.93 Å². The minimum atomic E-state index is -0.941. The van der Waals surface area contributed by atoms with Gasteiger partial charge in [0, 0.05) is 40.2 Å². The van der Waals surface area contributed by atoms with Gasteiger partial charge in [-0.25, -0.2) is 0 Å². The number of thioether (sulfide) groups is 1. The summed E-state index contributed by atoms with van der Waals surface area (Å²) in [6.07, 6.45) is 15.4. The zero-order valence-electron chi connectivity index (χ0n) is 40.2. The third-order valence-corrected chi connectivity index (χ3v) is 17.3. The van der Waals surface area contributed by atoms with E-state index in [2.05, 4.69) is 192 Å². The van der Waals surface area contributed by atoms with Gasteiger partial charge in [-0.1, -0.05) is 185 Å². The van der Waals surface area contributed by atoms with E-state index in [1.807, 2.05) is 23.9 Å². The van der Waals surface area contributed by atoms with Crippen LogP contribution in [0.15, 0.2) is 180 Å². The Labute approximate surface area is 409 Å². The van der Waals surface area contributed by atoms with Crippen LogP contribution in [-0.4, -0.2) is 20.3 Å². The van der Waals surface area contributed by atoms with Gasteiger partial charge in [0.1, 0.15) is 17.2 Å². The first-order chi connectivity index (χ1) is 33.4. The molecule has 1 saturated carbocycles. The molecule has 0 radical (unpaired) electrons. The molecule has 2 atom stereocenters. The van der Waals surface area contributed by atoms with Crippen molar-refractivity contribution in [1.82, 2.24) is 0 Å². The number of benzene rings is 8. The summed E-state index contributed by atoms with van der Waals surface area (Å²) in [4.78, 5) is 0.217. The van der Waals surface area contributed by atoms with Gasteiger partial charge in [0.25, 0.3) is 0 Å². The molecular formula is C64H56O4S. The van der Waals surface area contributed by atoms with Gasteiger partial charge in [-0.05, 0) is 122 Å². The Kier molecular flexibility index (Phi) is 9.40. The highest BCUT2D eigenvalue weighted by molar-refractivity contribution is 8.00. The quantitative estimate of drug-likeness (QED) is 0.166. The Bertz CT molecular complexity index is 3430.